The first-order valence-corrected chi connectivity index (χ1v) is 6.85. The van der Waals surface area contributed by atoms with Gasteiger partial charge in [0.15, 0.2) is 5.76 Å². The van der Waals surface area contributed by atoms with Crippen molar-refractivity contribution in [2.24, 2.45) is 0 Å². The second kappa shape index (κ2) is 6.68. The van der Waals surface area contributed by atoms with Crippen LogP contribution in [0.1, 0.15) is 22.4 Å². The van der Waals surface area contributed by atoms with Gasteiger partial charge in [0.1, 0.15) is 0 Å². The first-order chi connectivity index (χ1) is 9.61. The van der Waals surface area contributed by atoms with Gasteiger partial charge < -0.3 is 14.6 Å². The van der Waals surface area contributed by atoms with E-state index in [0.717, 1.165) is 23.6 Å². The molecule has 1 N–H and O–H groups in total. The van der Waals surface area contributed by atoms with Crippen LogP contribution in [0.2, 0.25) is 0 Å². The van der Waals surface area contributed by atoms with Gasteiger partial charge in [0.25, 0.3) is 0 Å². The Labute approximate surface area is 120 Å². The lowest BCUT2D eigenvalue weighted by atomic mass is 9.98. The third-order valence-corrected chi connectivity index (χ3v) is 3.27. The van der Waals surface area contributed by atoms with E-state index in [-0.39, 0.29) is 0 Å². The van der Waals surface area contributed by atoms with Crippen molar-refractivity contribution in [3.63, 3.8) is 0 Å². The van der Waals surface area contributed by atoms with E-state index < -0.39 is 0 Å². The van der Waals surface area contributed by atoms with Gasteiger partial charge in [0, 0.05) is 31.8 Å². The number of rotatable bonds is 6. The summed E-state index contributed by atoms with van der Waals surface area (Å²) in [6.07, 6.45) is 0. The number of hydrogen-bond acceptors (Lipinski definition) is 4. The Hall–Kier alpha value is -1.65. The Morgan fingerprint density at radius 2 is 1.85 bits per heavy atom. The number of hydrogen-bond donors (Lipinski definition) is 1. The lowest BCUT2D eigenvalue weighted by molar-refractivity contribution is 0.199. The van der Waals surface area contributed by atoms with Crippen LogP contribution in [0.25, 0.3) is 11.3 Å². The van der Waals surface area contributed by atoms with Gasteiger partial charge in [-0.1, -0.05) is 22.9 Å². The molecular formula is C16H22N2O2. The molecule has 0 saturated heterocycles. The highest BCUT2D eigenvalue weighted by molar-refractivity contribution is 5.66. The van der Waals surface area contributed by atoms with E-state index in [1.54, 1.807) is 7.11 Å². The molecule has 20 heavy (non-hydrogen) atoms. The summed E-state index contributed by atoms with van der Waals surface area (Å²) < 4.78 is 10.5. The standard InChI is InChI=1S/C16H22N2O2/c1-11-7-12(2)16(13(3)8-11)15-9-14(18-20-15)10-17-5-6-19-4/h7-9,17H,5-6,10H2,1-4H3. The molecule has 0 spiro atoms. The zero-order chi connectivity index (χ0) is 14.5. The number of aromatic nitrogens is 1. The molecule has 0 amide bonds. The molecule has 0 atom stereocenters. The van der Waals surface area contributed by atoms with E-state index in [0.29, 0.717) is 13.2 Å². The minimum Gasteiger partial charge on any atom is -0.383 e. The van der Waals surface area contributed by atoms with Crippen LogP contribution in [0, 0.1) is 20.8 Å². The van der Waals surface area contributed by atoms with Crippen LogP contribution in [-0.4, -0.2) is 25.4 Å². The summed E-state index contributed by atoms with van der Waals surface area (Å²) >= 11 is 0. The van der Waals surface area contributed by atoms with Crippen LogP contribution in [0.3, 0.4) is 0 Å². The van der Waals surface area contributed by atoms with Crippen molar-refractivity contribution in [1.29, 1.82) is 0 Å². The first kappa shape index (κ1) is 14.8. The Bertz CT molecular complexity index is 553. The molecule has 1 aromatic heterocycles. The van der Waals surface area contributed by atoms with Crippen LogP contribution in [0.15, 0.2) is 22.7 Å². The second-order valence-corrected chi connectivity index (χ2v) is 5.13. The van der Waals surface area contributed by atoms with Crippen molar-refractivity contribution in [1.82, 2.24) is 10.5 Å². The summed E-state index contributed by atoms with van der Waals surface area (Å²) in [6.45, 7) is 8.51. The van der Waals surface area contributed by atoms with Gasteiger partial charge in [-0.05, 0) is 31.9 Å². The number of methoxy groups -OCH3 is 1. The predicted molar refractivity (Wildman–Crippen MR) is 79.7 cm³/mol. The second-order valence-electron chi connectivity index (χ2n) is 5.13. The number of benzene rings is 1. The largest absolute Gasteiger partial charge is 0.383 e. The number of nitrogens with one attached hydrogen (secondary N) is 1. The Kier molecular flexibility index (Phi) is 4.93. The molecule has 2 rings (SSSR count). The maximum Gasteiger partial charge on any atom is 0.167 e. The molecule has 1 heterocycles. The quantitative estimate of drug-likeness (QED) is 0.823. The van der Waals surface area contributed by atoms with Crippen molar-refractivity contribution >= 4 is 0 Å². The zero-order valence-electron chi connectivity index (χ0n) is 12.6. The minimum absolute atomic E-state index is 0.691. The molecule has 1 aromatic carbocycles. The molecule has 4 nitrogen and oxygen atoms in total. The molecule has 0 aliphatic heterocycles. The maximum atomic E-state index is 5.49. The molecule has 4 heteroatoms. The van der Waals surface area contributed by atoms with Crippen LogP contribution < -0.4 is 5.32 Å². The van der Waals surface area contributed by atoms with Gasteiger partial charge in [-0.25, -0.2) is 0 Å². The Balaban J connectivity index is 2.13. The summed E-state index contributed by atoms with van der Waals surface area (Å²) in [7, 11) is 1.69. The molecule has 0 saturated carbocycles. The van der Waals surface area contributed by atoms with Crippen LogP contribution in [-0.2, 0) is 11.3 Å². The molecule has 0 fully saturated rings. The van der Waals surface area contributed by atoms with E-state index in [1.807, 2.05) is 6.07 Å². The summed E-state index contributed by atoms with van der Waals surface area (Å²) in [5, 5.41) is 7.37. The van der Waals surface area contributed by atoms with Gasteiger partial charge in [0.2, 0.25) is 0 Å². The van der Waals surface area contributed by atoms with E-state index in [9.17, 15) is 0 Å². The third-order valence-electron chi connectivity index (χ3n) is 3.27. The first-order valence-electron chi connectivity index (χ1n) is 6.85. The lowest BCUT2D eigenvalue weighted by Gasteiger charge is -2.07. The zero-order valence-corrected chi connectivity index (χ0v) is 12.6. The molecular weight excluding hydrogens is 252 g/mol. The molecule has 108 valence electrons. The Morgan fingerprint density at radius 1 is 1.15 bits per heavy atom. The molecule has 0 aliphatic carbocycles. The predicted octanol–water partition coefficient (Wildman–Crippen LogP) is 3.00. The molecule has 0 radical (unpaired) electrons. The van der Waals surface area contributed by atoms with Gasteiger partial charge in [0.05, 0.1) is 12.3 Å². The topological polar surface area (TPSA) is 47.3 Å². The summed E-state index contributed by atoms with van der Waals surface area (Å²) in [4.78, 5) is 0. The third kappa shape index (κ3) is 3.46. The van der Waals surface area contributed by atoms with Gasteiger partial charge in [-0.15, -0.1) is 0 Å². The minimum atomic E-state index is 0.691. The number of aryl methyl sites for hydroxylation is 3. The van der Waals surface area contributed by atoms with Crippen molar-refractivity contribution in [2.75, 3.05) is 20.3 Å². The highest BCUT2D eigenvalue weighted by Crippen LogP contribution is 2.28. The van der Waals surface area contributed by atoms with Gasteiger partial charge >= 0.3 is 0 Å². The van der Waals surface area contributed by atoms with Gasteiger partial charge in [-0.2, -0.15) is 0 Å². The van der Waals surface area contributed by atoms with Crippen LogP contribution in [0.4, 0.5) is 0 Å². The fourth-order valence-electron chi connectivity index (χ4n) is 2.47. The van der Waals surface area contributed by atoms with Crippen molar-refractivity contribution in [2.45, 2.75) is 27.3 Å². The van der Waals surface area contributed by atoms with Crippen molar-refractivity contribution in [3.05, 3.63) is 40.6 Å². The molecule has 0 unspecified atom stereocenters. The lowest BCUT2D eigenvalue weighted by Crippen LogP contribution is -2.18. The van der Waals surface area contributed by atoms with E-state index >= 15 is 0 Å². The fraction of sp³-hybridized carbons (Fsp3) is 0.438. The van der Waals surface area contributed by atoms with Crippen LogP contribution >= 0.6 is 0 Å². The average Bonchev–Trinajstić information content (AvgIpc) is 2.82. The van der Waals surface area contributed by atoms with Gasteiger partial charge in [-0.3, -0.25) is 0 Å². The highest BCUT2D eigenvalue weighted by atomic mass is 16.5. The average molecular weight is 274 g/mol. The Morgan fingerprint density at radius 3 is 2.50 bits per heavy atom. The smallest absolute Gasteiger partial charge is 0.167 e. The molecule has 2 aromatic rings. The van der Waals surface area contributed by atoms with Crippen LogP contribution in [0.5, 0.6) is 0 Å². The maximum absolute atomic E-state index is 5.49. The monoisotopic (exact) mass is 274 g/mol. The summed E-state index contributed by atoms with van der Waals surface area (Å²) in [6, 6.07) is 6.34. The fourth-order valence-corrected chi connectivity index (χ4v) is 2.47. The van der Waals surface area contributed by atoms with Crippen molar-refractivity contribution in [3.8, 4) is 11.3 Å². The number of ether oxygens (including phenoxy) is 1. The highest BCUT2D eigenvalue weighted by Gasteiger charge is 2.12. The van der Waals surface area contributed by atoms with E-state index in [2.05, 4.69) is 43.4 Å². The summed E-state index contributed by atoms with van der Waals surface area (Å²) in [5.74, 6) is 0.837. The van der Waals surface area contributed by atoms with E-state index in [1.165, 1.54) is 16.7 Å². The molecule has 0 bridgehead atoms. The van der Waals surface area contributed by atoms with E-state index in [4.69, 9.17) is 9.26 Å². The number of nitrogens with zero attached hydrogens (tertiary/aromatic N) is 1. The van der Waals surface area contributed by atoms with Crippen molar-refractivity contribution < 1.29 is 9.26 Å². The normalized spacial score (nSPS) is 11.0. The molecule has 0 aliphatic rings. The summed E-state index contributed by atoms with van der Waals surface area (Å²) in [5.41, 5.74) is 5.77. The SMILES string of the molecule is COCCNCc1cc(-c2c(C)cc(C)cc2C)on1.